The third-order valence-corrected chi connectivity index (χ3v) is 3.69. The summed E-state index contributed by atoms with van der Waals surface area (Å²) in [6.45, 7) is 1.43. The van der Waals surface area contributed by atoms with Gasteiger partial charge in [0.05, 0.1) is 5.56 Å². The molecule has 4 nitrogen and oxygen atoms in total. The van der Waals surface area contributed by atoms with Gasteiger partial charge in [0.15, 0.2) is 0 Å². The molecule has 0 saturated carbocycles. The highest BCUT2D eigenvalue weighted by Crippen LogP contribution is 2.24. The summed E-state index contributed by atoms with van der Waals surface area (Å²) >= 11 is 6.64. The summed E-state index contributed by atoms with van der Waals surface area (Å²) in [6.07, 6.45) is 0. The van der Waals surface area contributed by atoms with E-state index in [1.165, 1.54) is 6.92 Å². The van der Waals surface area contributed by atoms with Crippen LogP contribution in [0.25, 0.3) is 0 Å². The maximum Gasteiger partial charge on any atom is 0.344 e. The van der Waals surface area contributed by atoms with Crippen molar-refractivity contribution in [2.24, 2.45) is 0 Å². The summed E-state index contributed by atoms with van der Waals surface area (Å²) in [4.78, 5) is 23.0. The number of halogens is 2. The van der Waals surface area contributed by atoms with Crippen LogP contribution in [0, 0.1) is 0 Å². The number of carbonyl (C=O) groups is 2. The number of nitrogens with one attached hydrogen (secondary N) is 1. The minimum Gasteiger partial charge on any atom is -0.423 e. The summed E-state index contributed by atoms with van der Waals surface area (Å²) in [5.41, 5.74) is 1.08. The molecule has 0 fully saturated rings. The average Bonchev–Trinajstić information content (AvgIpc) is 2.40. The van der Waals surface area contributed by atoms with Gasteiger partial charge in [0.2, 0.25) is 5.91 Å². The molecule has 0 spiro atoms. The molecule has 0 aliphatic rings. The Morgan fingerprint density at radius 1 is 1.05 bits per heavy atom. The highest BCUT2D eigenvalue weighted by atomic mass is 79.9. The minimum absolute atomic E-state index is 0.154. The largest absolute Gasteiger partial charge is 0.423 e. The van der Waals surface area contributed by atoms with E-state index >= 15 is 0 Å². The second kappa shape index (κ2) is 6.87. The molecule has 0 radical (unpaired) electrons. The van der Waals surface area contributed by atoms with Crippen molar-refractivity contribution in [1.82, 2.24) is 0 Å². The van der Waals surface area contributed by atoms with E-state index < -0.39 is 5.97 Å². The van der Waals surface area contributed by atoms with Crippen LogP contribution in [0.5, 0.6) is 5.75 Å². The van der Waals surface area contributed by atoms with Crippen LogP contribution >= 0.6 is 31.9 Å². The number of esters is 1. The van der Waals surface area contributed by atoms with Crippen molar-refractivity contribution in [2.45, 2.75) is 6.92 Å². The number of ether oxygens (including phenoxy) is 1. The second-order valence-corrected chi connectivity index (χ2v) is 5.99. The molecule has 1 amide bonds. The van der Waals surface area contributed by atoms with Crippen molar-refractivity contribution >= 4 is 49.4 Å². The van der Waals surface area contributed by atoms with E-state index in [0.29, 0.717) is 21.5 Å². The normalized spacial score (nSPS) is 10.0. The molecule has 0 heterocycles. The average molecular weight is 413 g/mol. The van der Waals surface area contributed by atoms with Crippen LogP contribution in [-0.4, -0.2) is 11.9 Å². The lowest BCUT2D eigenvalue weighted by molar-refractivity contribution is -0.114. The van der Waals surface area contributed by atoms with Gasteiger partial charge in [-0.25, -0.2) is 4.79 Å². The third-order valence-electron chi connectivity index (χ3n) is 2.54. The lowest BCUT2D eigenvalue weighted by Gasteiger charge is -2.07. The van der Waals surface area contributed by atoms with Crippen molar-refractivity contribution in [3.63, 3.8) is 0 Å². The summed E-state index contributed by atoms with van der Waals surface area (Å²) < 4.78 is 6.80. The van der Waals surface area contributed by atoms with E-state index in [0.717, 1.165) is 4.47 Å². The van der Waals surface area contributed by atoms with Crippen molar-refractivity contribution in [1.29, 1.82) is 0 Å². The fraction of sp³-hybridized carbons (Fsp3) is 0.0667. The molecule has 2 aromatic carbocycles. The molecule has 0 aliphatic carbocycles. The minimum atomic E-state index is -0.457. The lowest BCUT2D eigenvalue weighted by atomic mass is 10.2. The number of rotatable bonds is 3. The van der Waals surface area contributed by atoms with Crippen LogP contribution in [0.2, 0.25) is 0 Å². The fourth-order valence-electron chi connectivity index (χ4n) is 1.63. The maximum absolute atomic E-state index is 12.1. The molecule has 0 aliphatic heterocycles. The highest BCUT2D eigenvalue weighted by Gasteiger charge is 2.12. The molecule has 2 aromatic rings. The van der Waals surface area contributed by atoms with Crippen molar-refractivity contribution in [2.75, 3.05) is 5.32 Å². The van der Waals surface area contributed by atoms with Crippen molar-refractivity contribution < 1.29 is 14.3 Å². The fourth-order valence-corrected chi connectivity index (χ4v) is 2.84. The Morgan fingerprint density at radius 3 is 2.29 bits per heavy atom. The predicted octanol–water partition coefficient (Wildman–Crippen LogP) is 4.39. The first-order valence-corrected chi connectivity index (χ1v) is 7.59. The summed E-state index contributed by atoms with van der Waals surface area (Å²) in [5, 5.41) is 2.64. The molecule has 6 heteroatoms. The Morgan fingerprint density at radius 2 is 1.71 bits per heavy atom. The number of hydrogen-bond acceptors (Lipinski definition) is 3. The number of carbonyl (C=O) groups excluding carboxylic acids is 2. The molecule has 108 valence electrons. The summed E-state index contributed by atoms with van der Waals surface area (Å²) in [6, 6.07) is 11.8. The van der Waals surface area contributed by atoms with Gasteiger partial charge in [-0.05, 0) is 58.4 Å². The molecular formula is C15H11Br2NO3. The van der Waals surface area contributed by atoms with E-state index in [-0.39, 0.29) is 5.91 Å². The topological polar surface area (TPSA) is 55.4 Å². The zero-order chi connectivity index (χ0) is 15.4. The predicted molar refractivity (Wildman–Crippen MR) is 87.5 cm³/mol. The Labute approximate surface area is 138 Å². The first-order chi connectivity index (χ1) is 9.95. The summed E-state index contributed by atoms with van der Waals surface area (Å²) in [5.74, 6) is -0.205. The number of anilines is 1. The van der Waals surface area contributed by atoms with E-state index in [1.807, 2.05) is 0 Å². The molecule has 0 bridgehead atoms. The highest BCUT2D eigenvalue weighted by molar-refractivity contribution is 9.11. The molecule has 21 heavy (non-hydrogen) atoms. The Hall–Kier alpha value is -1.66. The number of hydrogen-bond donors (Lipinski definition) is 1. The molecule has 0 aromatic heterocycles. The third kappa shape index (κ3) is 4.41. The molecule has 0 unspecified atom stereocenters. The van der Waals surface area contributed by atoms with E-state index in [9.17, 15) is 9.59 Å². The van der Waals surface area contributed by atoms with Gasteiger partial charge in [0, 0.05) is 21.6 Å². The zero-order valence-corrected chi connectivity index (χ0v) is 14.2. The van der Waals surface area contributed by atoms with Gasteiger partial charge in [0.1, 0.15) is 5.75 Å². The van der Waals surface area contributed by atoms with E-state index in [1.54, 1.807) is 42.5 Å². The van der Waals surface area contributed by atoms with Gasteiger partial charge < -0.3 is 10.1 Å². The van der Waals surface area contributed by atoms with Gasteiger partial charge in [0.25, 0.3) is 0 Å². The van der Waals surface area contributed by atoms with Crippen LogP contribution in [0.15, 0.2) is 51.4 Å². The van der Waals surface area contributed by atoms with Gasteiger partial charge in [-0.2, -0.15) is 0 Å². The first-order valence-electron chi connectivity index (χ1n) is 6.00. The van der Waals surface area contributed by atoms with Crippen LogP contribution in [0.4, 0.5) is 5.69 Å². The standard InChI is InChI=1S/C15H11Br2NO3/c1-9(19)18-11-3-5-12(6-4-11)21-15(20)13-7-2-10(16)8-14(13)17/h2-8H,1H3,(H,18,19). The van der Waals surface area contributed by atoms with Gasteiger partial charge >= 0.3 is 5.97 Å². The monoisotopic (exact) mass is 411 g/mol. The number of benzene rings is 2. The van der Waals surface area contributed by atoms with Crippen LogP contribution in [-0.2, 0) is 4.79 Å². The molecule has 0 saturated heterocycles. The Balaban J connectivity index is 2.10. The Bertz CT molecular complexity index is 684. The van der Waals surface area contributed by atoms with Crippen molar-refractivity contribution in [3.05, 3.63) is 57.0 Å². The smallest absolute Gasteiger partial charge is 0.344 e. The van der Waals surface area contributed by atoms with Gasteiger partial charge in [-0.1, -0.05) is 15.9 Å². The first kappa shape index (κ1) is 15.7. The molecular weight excluding hydrogens is 402 g/mol. The lowest BCUT2D eigenvalue weighted by Crippen LogP contribution is -2.09. The van der Waals surface area contributed by atoms with Gasteiger partial charge in [-0.15, -0.1) is 0 Å². The van der Waals surface area contributed by atoms with E-state index in [4.69, 9.17) is 4.74 Å². The second-order valence-electron chi connectivity index (χ2n) is 4.22. The van der Waals surface area contributed by atoms with Gasteiger partial charge in [-0.3, -0.25) is 4.79 Å². The quantitative estimate of drug-likeness (QED) is 0.600. The Kier molecular flexibility index (Phi) is 5.14. The SMILES string of the molecule is CC(=O)Nc1ccc(OC(=O)c2ccc(Br)cc2Br)cc1. The van der Waals surface area contributed by atoms with Crippen LogP contribution < -0.4 is 10.1 Å². The molecule has 0 atom stereocenters. The molecule has 1 N–H and O–H groups in total. The van der Waals surface area contributed by atoms with Crippen LogP contribution in [0.1, 0.15) is 17.3 Å². The van der Waals surface area contributed by atoms with Crippen LogP contribution in [0.3, 0.4) is 0 Å². The summed E-state index contributed by atoms with van der Waals surface area (Å²) in [7, 11) is 0. The maximum atomic E-state index is 12.1. The van der Waals surface area contributed by atoms with Crippen molar-refractivity contribution in [3.8, 4) is 5.75 Å². The molecule has 2 rings (SSSR count). The zero-order valence-electron chi connectivity index (χ0n) is 11.0. The van der Waals surface area contributed by atoms with E-state index in [2.05, 4.69) is 37.2 Å². The number of amides is 1.